The summed E-state index contributed by atoms with van der Waals surface area (Å²) < 4.78 is 12.5. The largest absolute Gasteiger partial charge is 0.393 e. The first kappa shape index (κ1) is 21.4. The van der Waals surface area contributed by atoms with E-state index in [2.05, 4.69) is 0 Å². The summed E-state index contributed by atoms with van der Waals surface area (Å²) in [4.78, 5) is 38.3. The molecule has 4 aliphatic carbocycles. The van der Waals surface area contributed by atoms with E-state index in [-0.39, 0.29) is 42.2 Å². The average molecular weight is 433 g/mol. The molecule has 3 saturated carbocycles. The topological polar surface area (TPSA) is 110 Å². The van der Waals surface area contributed by atoms with Gasteiger partial charge in [0.25, 0.3) is 0 Å². The van der Waals surface area contributed by atoms with Crippen LogP contribution in [0.3, 0.4) is 0 Å². The summed E-state index contributed by atoms with van der Waals surface area (Å²) in [5.74, 6) is -1.93. The lowest BCUT2D eigenvalue weighted by molar-refractivity contribution is -0.226. The molecular weight excluding hydrogens is 400 g/mol. The highest BCUT2D eigenvalue weighted by molar-refractivity contribution is 6.11. The quantitative estimate of drug-likeness (QED) is 0.640. The molecule has 5 aliphatic rings. The van der Waals surface area contributed by atoms with Crippen LogP contribution >= 0.6 is 0 Å². The Morgan fingerprint density at radius 1 is 1.23 bits per heavy atom. The predicted molar refractivity (Wildman–Crippen MR) is 109 cm³/mol. The standard InChI is InChI=1S/C24H32O7/c1-21(2)30-19-9-15-14-6-5-12-7-13(26)8-17(28)23(12,4)20(14)16(27)10-22(15,3)24(19,31-21)18(29)11-25/h7,14-16,19-20,25,27H,5-6,8-11H2,1-4H3/t14?,15?,16-,19?,20?,22-,23+,24+/m0/s1. The van der Waals surface area contributed by atoms with Crippen LogP contribution in [-0.4, -0.2) is 57.8 Å². The maximum absolute atomic E-state index is 13.2. The van der Waals surface area contributed by atoms with Crippen LogP contribution in [0.2, 0.25) is 0 Å². The fourth-order valence-electron chi connectivity index (χ4n) is 8.25. The highest BCUT2D eigenvalue weighted by Gasteiger charge is 2.77. The minimum atomic E-state index is -1.31. The lowest BCUT2D eigenvalue weighted by atomic mass is 9.45. The summed E-state index contributed by atoms with van der Waals surface area (Å²) >= 11 is 0. The van der Waals surface area contributed by atoms with E-state index in [0.29, 0.717) is 12.8 Å². The Bertz CT molecular complexity index is 906. The third-order valence-electron chi connectivity index (χ3n) is 9.33. The van der Waals surface area contributed by atoms with Crippen molar-refractivity contribution in [3.05, 3.63) is 11.6 Å². The van der Waals surface area contributed by atoms with Crippen molar-refractivity contribution in [2.24, 2.45) is 28.6 Å². The van der Waals surface area contributed by atoms with E-state index in [0.717, 1.165) is 12.0 Å². The van der Waals surface area contributed by atoms with Crippen LogP contribution in [0.15, 0.2) is 11.6 Å². The number of aliphatic hydroxyl groups excluding tert-OH is 2. The summed E-state index contributed by atoms with van der Waals surface area (Å²) in [6.07, 6.45) is 2.41. The number of aliphatic hydroxyl groups is 2. The monoisotopic (exact) mass is 432 g/mol. The van der Waals surface area contributed by atoms with Gasteiger partial charge in [0.15, 0.2) is 28.7 Å². The Hall–Kier alpha value is -1.41. The number of Topliss-reactive ketones (excluding diaryl/α,β-unsaturated/α-hetero) is 2. The lowest BCUT2D eigenvalue weighted by Crippen LogP contribution is -2.65. The second-order valence-corrected chi connectivity index (χ2v) is 11.1. The zero-order valence-corrected chi connectivity index (χ0v) is 18.6. The summed E-state index contributed by atoms with van der Waals surface area (Å²) in [5.41, 5.74) is -2.06. The van der Waals surface area contributed by atoms with Crippen molar-refractivity contribution in [1.82, 2.24) is 0 Å². The van der Waals surface area contributed by atoms with Gasteiger partial charge in [-0.2, -0.15) is 0 Å². The molecule has 31 heavy (non-hydrogen) atoms. The Morgan fingerprint density at radius 3 is 2.61 bits per heavy atom. The number of rotatable bonds is 2. The van der Waals surface area contributed by atoms with E-state index in [1.165, 1.54) is 0 Å². The molecule has 7 nitrogen and oxygen atoms in total. The number of hydrogen-bond donors (Lipinski definition) is 2. The second kappa shape index (κ2) is 6.34. The van der Waals surface area contributed by atoms with Crippen LogP contribution in [0.4, 0.5) is 0 Å². The SMILES string of the molecule is CC1(C)OC2CC3C4CCC5=CC(=O)CC(=O)[C@]5(C)C4[C@@H](O)C[C@]3(C)[C@]2(C(=O)CO)O1. The van der Waals surface area contributed by atoms with Crippen molar-refractivity contribution in [3.63, 3.8) is 0 Å². The third-order valence-corrected chi connectivity index (χ3v) is 9.33. The van der Waals surface area contributed by atoms with Gasteiger partial charge in [0.05, 0.1) is 24.0 Å². The van der Waals surface area contributed by atoms with Crippen LogP contribution in [0.25, 0.3) is 0 Å². The first-order valence-corrected chi connectivity index (χ1v) is 11.4. The molecule has 0 amide bonds. The molecule has 4 fully saturated rings. The summed E-state index contributed by atoms with van der Waals surface area (Å²) in [7, 11) is 0. The highest BCUT2D eigenvalue weighted by atomic mass is 16.8. The minimum absolute atomic E-state index is 0.00121. The normalized spacial score (nSPS) is 50.3. The van der Waals surface area contributed by atoms with Gasteiger partial charge in [0.2, 0.25) is 0 Å². The Kier molecular flexibility index (Phi) is 4.38. The Balaban J connectivity index is 1.61. The van der Waals surface area contributed by atoms with Gasteiger partial charge < -0.3 is 19.7 Å². The third kappa shape index (κ3) is 2.46. The smallest absolute Gasteiger partial charge is 0.193 e. The molecule has 0 aromatic rings. The average Bonchev–Trinajstić information content (AvgIpc) is 3.08. The van der Waals surface area contributed by atoms with Gasteiger partial charge in [-0.3, -0.25) is 14.4 Å². The molecule has 0 bridgehead atoms. The molecule has 7 heteroatoms. The number of fused-ring (bicyclic) bond motifs is 7. The fourth-order valence-corrected chi connectivity index (χ4v) is 8.25. The minimum Gasteiger partial charge on any atom is -0.393 e. The van der Waals surface area contributed by atoms with E-state index in [1.807, 2.05) is 13.8 Å². The Labute approximate surface area is 182 Å². The molecule has 0 radical (unpaired) electrons. The maximum atomic E-state index is 13.2. The number of carbonyl (C=O) groups is 3. The van der Waals surface area contributed by atoms with Crippen LogP contribution < -0.4 is 0 Å². The lowest BCUT2D eigenvalue weighted by Gasteiger charge is -2.60. The number of carbonyl (C=O) groups excluding carboxylic acids is 3. The molecule has 0 aromatic carbocycles. The van der Waals surface area contributed by atoms with Gasteiger partial charge in [-0.1, -0.05) is 12.5 Å². The fraction of sp³-hybridized carbons (Fsp3) is 0.792. The number of ether oxygens (including phenoxy) is 2. The zero-order chi connectivity index (χ0) is 22.6. The van der Waals surface area contributed by atoms with Gasteiger partial charge in [0.1, 0.15) is 6.61 Å². The summed E-state index contributed by atoms with van der Waals surface area (Å²) in [6.45, 7) is 6.77. The van der Waals surface area contributed by atoms with Crippen LogP contribution in [0.1, 0.15) is 59.8 Å². The molecular formula is C24H32O7. The predicted octanol–water partition coefficient (Wildman–Crippen LogP) is 1.73. The first-order chi connectivity index (χ1) is 14.4. The van der Waals surface area contributed by atoms with Crippen molar-refractivity contribution in [3.8, 4) is 0 Å². The molecule has 170 valence electrons. The van der Waals surface area contributed by atoms with Crippen molar-refractivity contribution in [1.29, 1.82) is 0 Å². The van der Waals surface area contributed by atoms with E-state index in [4.69, 9.17) is 9.47 Å². The maximum Gasteiger partial charge on any atom is 0.193 e. The van der Waals surface area contributed by atoms with Crippen molar-refractivity contribution in [2.45, 2.75) is 83.4 Å². The van der Waals surface area contributed by atoms with Gasteiger partial charge in [0, 0.05) is 11.3 Å². The molecule has 1 aliphatic heterocycles. The molecule has 4 unspecified atom stereocenters. The summed E-state index contributed by atoms with van der Waals surface area (Å²) in [6, 6.07) is 0. The Morgan fingerprint density at radius 2 is 1.94 bits per heavy atom. The second-order valence-electron chi connectivity index (χ2n) is 11.1. The van der Waals surface area contributed by atoms with Gasteiger partial charge in [-0.15, -0.1) is 0 Å². The van der Waals surface area contributed by atoms with E-state index in [1.54, 1.807) is 19.9 Å². The van der Waals surface area contributed by atoms with Gasteiger partial charge in [-0.05, 0) is 64.4 Å². The first-order valence-electron chi connectivity index (χ1n) is 11.4. The highest BCUT2D eigenvalue weighted by Crippen LogP contribution is 2.70. The molecule has 8 atom stereocenters. The number of hydrogen-bond acceptors (Lipinski definition) is 7. The van der Waals surface area contributed by atoms with Crippen molar-refractivity contribution >= 4 is 17.3 Å². The van der Waals surface area contributed by atoms with Gasteiger partial charge >= 0.3 is 0 Å². The van der Waals surface area contributed by atoms with Crippen LogP contribution in [-0.2, 0) is 23.9 Å². The van der Waals surface area contributed by atoms with Crippen molar-refractivity contribution < 1.29 is 34.1 Å². The molecule has 0 spiro atoms. The number of ketones is 3. The molecule has 1 saturated heterocycles. The van der Waals surface area contributed by atoms with E-state index in [9.17, 15) is 24.6 Å². The molecule has 0 aromatic heterocycles. The molecule has 1 heterocycles. The van der Waals surface area contributed by atoms with Crippen molar-refractivity contribution in [2.75, 3.05) is 6.61 Å². The van der Waals surface area contributed by atoms with Crippen LogP contribution in [0, 0.1) is 28.6 Å². The van der Waals surface area contributed by atoms with E-state index < -0.39 is 46.8 Å². The van der Waals surface area contributed by atoms with Gasteiger partial charge in [-0.25, -0.2) is 0 Å². The van der Waals surface area contributed by atoms with Crippen LogP contribution in [0.5, 0.6) is 0 Å². The molecule has 2 N–H and O–H groups in total. The molecule has 5 rings (SSSR count). The van der Waals surface area contributed by atoms with E-state index >= 15 is 0 Å². The number of allylic oxidation sites excluding steroid dienone is 1. The summed E-state index contributed by atoms with van der Waals surface area (Å²) in [5, 5.41) is 21.3. The zero-order valence-electron chi connectivity index (χ0n) is 18.6.